The van der Waals surface area contributed by atoms with E-state index in [0.717, 1.165) is 25.8 Å². The molecule has 5 heteroatoms. The van der Waals surface area contributed by atoms with Gasteiger partial charge < -0.3 is 4.90 Å². The summed E-state index contributed by atoms with van der Waals surface area (Å²) < 4.78 is 1.07. The van der Waals surface area contributed by atoms with Crippen molar-refractivity contribution < 1.29 is 4.79 Å². The molecule has 0 bridgehead atoms. The highest BCUT2D eigenvalue weighted by Crippen LogP contribution is 2.33. The maximum absolute atomic E-state index is 12.4. The number of nitrogens with zero attached hydrogens (tertiary/aromatic N) is 1. The number of piperidine rings is 1. The van der Waals surface area contributed by atoms with Gasteiger partial charge in [0.25, 0.3) is 5.91 Å². The minimum absolute atomic E-state index is 0.0321. The molecule has 0 aromatic carbocycles. The van der Waals surface area contributed by atoms with Crippen LogP contribution in [0.2, 0.25) is 8.67 Å². The number of hydrogen-bond donors (Lipinski definition) is 0. The largest absolute Gasteiger partial charge is 0.336 e. The minimum Gasteiger partial charge on any atom is -0.336 e. The van der Waals surface area contributed by atoms with Crippen molar-refractivity contribution in [3.05, 3.63) is 20.3 Å². The summed E-state index contributed by atoms with van der Waals surface area (Å²) in [6, 6.07) is 2.03. The molecule has 1 fully saturated rings. The molecule has 17 heavy (non-hydrogen) atoms. The number of carbonyl (C=O) groups excluding carboxylic acids is 1. The van der Waals surface area contributed by atoms with Gasteiger partial charge in [0.1, 0.15) is 4.34 Å². The second kappa shape index (κ2) is 5.59. The van der Waals surface area contributed by atoms with Crippen molar-refractivity contribution in [2.45, 2.75) is 38.6 Å². The second-order valence-corrected chi connectivity index (χ2v) is 6.58. The summed E-state index contributed by atoms with van der Waals surface area (Å²) in [6.07, 6.45) is 4.39. The third-order valence-electron chi connectivity index (χ3n) is 3.25. The zero-order chi connectivity index (χ0) is 12.4. The fraction of sp³-hybridized carbons (Fsp3) is 0.583. The van der Waals surface area contributed by atoms with Crippen LogP contribution in [-0.4, -0.2) is 23.4 Å². The van der Waals surface area contributed by atoms with E-state index in [1.807, 2.05) is 4.90 Å². The molecule has 1 aromatic heterocycles. The lowest BCUT2D eigenvalue weighted by Gasteiger charge is -2.35. The zero-order valence-corrected chi connectivity index (χ0v) is 12.0. The fourth-order valence-corrected chi connectivity index (χ4v) is 3.78. The number of rotatable bonds is 2. The molecule has 1 unspecified atom stereocenters. The van der Waals surface area contributed by atoms with Crippen molar-refractivity contribution >= 4 is 40.4 Å². The van der Waals surface area contributed by atoms with Crippen LogP contribution in [-0.2, 0) is 0 Å². The van der Waals surface area contributed by atoms with Gasteiger partial charge in [0, 0.05) is 12.6 Å². The molecule has 1 saturated heterocycles. The van der Waals surface area contributed by atoms with Gasteiger partial charge in [-0.1, -0.05) is 30.1 Å². The van der Waals surface area contributed by atoms with Gasteiger partial charge in [-0.3, -0.25) is 4.79 Å². The van der Waals surface area contributed by atoms with Crippen LogP contribution in [0.3, 0.4) is 0 Å². The number of thiophene rings is 1. The third kappa shape index (κ3) is 2.78. The van der Waals surface area contributed by atoms with E-state index >= 15 is 0 Å². The van der Waals surface area contributed by atoms with E-state index in [-0.39, 0.29) is 5.91 Å². The maximum atomic E-state index is 12.4. The Morgan fingerprint density at radius 3 is 2.88 bits per heavy atom. The first-order valence-corrected chi connectivity index (χ1v) is 7.46. The van der Waals surface area contributed by atoms with Gasteiger partial charge in [-0.05, 0) is 31.7 Å². The molecule has 0 spiro atoms. The van der Waals surface area contributed by atoms with E-state index in [2.05, 4.69) is 6.92 Å². The van der Waals surface area contributed by atoms with Gasteiger partial charge in [0.2, 0.25) is 0 Å². The first-order chi connectivity index (χ1) is 8.13. The van der Waals surface area contributed by atoms with Crippen molar-refractivity contribution in [3.63, 3.8) is 0 Å². The monoisotopic (exact) mass is 291 g/mol. The van der Waals surface area contributed by atoms with Gasteiger partial charge in [-0.15, -0.1) is 11.3 Å². The van der Waals surface area contributed by atoms with Gasteiger partial charge in [0.15, 0.2) is 0 Å². The predicted molar refractivity (Wildman–Crippen MR) is 73.3 cm³/mol. The summed E-state index contributed by atoms with van der Waals surface area (Å²) in [5.74, 6) is 0.0321. The summed E-state index contributed by atoms with van der Waals surface area (Å²) in [6.45, 7) is 2.96. The lowest BCUT2D eigenvalue weighted by Crippen LogP contribution is -2.43. The highest BCUT2D eigenvalue weighted by Gasteiger charge is 2.28. The Morgan fingerprint density at radius 2 is 2.29 bits per heavy atom. The van der Waals surface area contributed by atoms with Crippen LogP contribution >= 0.6 is 34.5 Å². The maximum Gasteiger partial charge on any atom is 0.256 e. The SMILES string of the molecule is CCC1CCCCN1C(=O)c1cc(Cl)sc1Cl. The lowest BCUT2D eigenvalue weighted by molar-refractivity contribution is 0.0609. The highest BCUT2D eigenvalue weighted by atomic mass is 35.5. The van der Waals surface area contributed by atoms with Crippen LogP contribution in [0, 0.1) is 0 Å². The Balaban J connectivity index is 2.21. The molecule has 2 heterocycles. The number of halogens is 2. The van der Waals surface area contributed by atoms with Gasteiger partial charge in [-0.2, -0.15) is 0 Å². The minimum atomic E-state index is 0.0321. The average Bonchev–Trinajstić information content (AvgIpc) is 2.67. The van der Waals surface area contributed by atoms with E-state index in [0.29, 0.717) is 20.3 Å². The van der Waals surface area contributed by atoms with Crippen LogP contribution in [0.25, 0.3) is 0 Å². The van der Waals surface area contributed by atoms with E-state index < -0.39 is 0 Å². The quantitative estimate of drug-likeness (QED) is 0.788. The first kappa shape index (κ1) is 13.2. The molecule has 1 amide bonds. The van der Waals surface area contributed by atoms with E-state index in [1.54, 1.807) is 6.07 Å². The molecular formula is C12H15Cl2NOS. The Bertz CT molecular complexity index is 419. The standard InChI is InChI=1S/C12H15Cl2NOS/c1-2-8-5-3-4-6-15(8)12(16)9-7-10(13)17-11(9)14/h7-8H,2-6H2,1H3. The third-order valence-corrected chi connectivity index (χ3v) is 4.73. The van der Waals surface area contributed by atoms with Crippen LogP contribution in [0.4, 0.5) is 0 Å². The molecule has 94 valence electrons. The highest BCUT2D eigenvalue weighted by molar-refractivity contribution is 7.20. The molecule has 0 N–H and O–H groups in total. The molecule has 1 aromatic rings. The topological polar surface area (TPSA) is 20.3 Å². The van der Waals surface area contributed by atoms with Crippen LogP contribution < -0.4 is 0 Å². The summed E-state index contributed by atoms with van der Waals surface area (Å²) in [7, 11) is 0. The van der Waals surface area contributed by atoms with Gasteiger partial charge in [-0.25, -0.2) is 0 Å². The Hall–Kier alpha value is -0.250. The smallest absolute Gasteiger partial charge is 0.256 e. The van der Waals surface area contributed by atoms with Crippen molar-refractivity contribution in [2.75, 3.05) is 6.54 Å². The average molecular weight is 292 g/mol. The molecule has 0 radical (unpaired) electrons. The van der Waals surface area contributed by atoms with Crippen molar-refractivity contribution in [1.82, 2.24) is 4.90 Å². The Labute approximate surface area is 116 Å². The van der Waals surface area contributed by atoms with Crippen molar-refractivity contribution in [2.24, 2.45) is 0 Å². The number of carbonyl (C=O) groups is 1. The second-order valence-electron chi connectivity index (χ2n) is 4.29. The number of likely N-dealkylation sites (tertiary alicyclic amines) is 1. The summed E-state index contributed by atoms with van der Waals surface area (Å²) >= 11 is 13.2. The molecular weight excluding hydrogens is 277 g/mol. The van der Waals surface area contributed by atoms with Crippen LogP contribution in [0.5, 0.6) is 0 Å². The molecule has 2 rings (SSSR count). The molecule has 1 aliphatic heterocycles. The fourth-order valence-electron chi connectivity index (χ4n) is 2.33. The molecule has 1 aliphatic rings. The number of hydrogen-bond acceptors (Lipinski definition) is 2. The number of amides is 1. The molecule has 2 nitrogen and oxygen atoms in total. The van der Waals surface area contributed by atoms with Crippen LogP contribution in [0.15, 0.2) is 6.07 Å². The summed E-state index contributed by atoms with van der Waals surface area (Å²) in [5.41, 5.74) is 0.557. The first-order valence-electron chi connectivity index (χ1n) is 5.89. The summed E-state index contributed by atoms with van der Waals surface area (Å²) in [5, 5.41) is 0. The zero-order valence-electron chi connectivity index (χ0n) is 9.71. The predicted octanol–water partition coefficient (Wildman–Crippen LogP) is 4.46. The lowest BCUT2D eigenvalue weighted by atomic mass is 9.99. The molecule has 0 saturated carbocycles. The van der Waals surface area contributed by atoms with E-state index in [4.69, 9.17) is 23.2 Å². The summed E-state index contributed by atoms with van der Waals surface area (Å²) in [4.78, 5) is 14.3. The van der Waals surface area contributed by atoms with E-state index in [9.17, 15) is 4.79 Å². The molecule has 1 atom stereocenters. The van der Waals surface area contributed by atoms with Crippen molar-refractivity contribution in [1.29, 1.82) is 0 Å². The van der Waals surface area contributed by atoms with Gasteiger partial charge in [0.05, 0.1) is 9.90 Å². The van der Waals surface area contributed by atoms with E-state index in [1.165, 1.54) is 17.8 Å². The Kier molecular flexibility index (Phi) is 4.34. The van der Waals surface area contributed by atoms with Gasteiger partial charge >= 0.3 is 0 Å². The molecule has 0 aliphatic carbocycles. The Morgan fingerprint density at radius 1 is 1.53 bits per heavy atom. The van der Waals surface area contributed by atoms with Crippen molar-refractivity contribution in [3.8, 4) is 0 Å². The normalized spacial score (nSPS) is 20.6. The van der Waals surface area contributed by atoms with Crippen LogP contribution in [0.1, 0.15) is 43.0 Å².